The highest BCUT2D eigenvalue weighted by molar-refractivity contribution is 5.55. The summed E-state index contributed by atoms with van der Waals surface area (Å²) in [6.45, 7) is 4.63. The van der Waals surface area contributed by atoms with Crippen LogP contribution in [-0.2, 0) is 0 Å². The monoisotopic (exact) mass is 220 g/mol. The summed E-state index contributed by atoms with van der Waals surface area (Å²) in [5.74, 6) is 0. The first-order valence-corrected chi connectivity index (χ1v) is 5.83. The molecule has 0 aromatic heterocycles. The molecule has 0 amide bonds. The molecule has 1 aromatic rings. The standard InChI is InChI=1S/C12H20N4/c13-9-11(14)10-3-1-2-4-12(10)16-7-5-15-6-8-16/h1-4,11,15H,5-9,13-14H2/t11-/m1/s1. The quantitative estimate of drug-likeness (QED) is 0.673. The molecular formula is C12H20N4. The molecule has 1 aliphatic heterocycles. The molecule has 0 aliphatic carbocycles. The largest absolute Gasteiger partial charge is 0.369 e. The Labute approximate surface area is 96.6 Å². The number of nitrogens with zero attached hydrogens (tertiary/aromatic N) is 1. The SMILES string of the molecule is NC[C@@H](N)c1ccccc1N1CCNCC1. The fraction of sp³-hybridized carbons (Fsp3) is 0.500. The molecule has 0 saturated carbocycles. The second-order valence-electron chi connectivity index (χ2n) is 4.14. The minimum atomic E-state index is -0.0638. The summed E-state index contributed by atoms with van der Waals surface area (Å²) < 4.78 is 0. The van der Waals surface area contributed by atoms with Crippen molar-refractivity contribution < 1.29 is 0 Å². The second kappa shape index (κ2) is 5.30. The van der Waals surface area contributed by atoms with Crippen molar-refractivity contribution in [2.45, 2.75) is 6.04 Å². The molecule has 16 heavy (non-hydrogen) atoms. The van der Waals surface area contributed by atoms with E-state index in [-0.39, 0.29) is 6.04 Å². The van der Waals surface area contributed by atoms with Crippen LogP contribution < -0.4 is 21.7 Å². The molecule has 1 heterocycles. The third-order valence-electron chi connectivity index (χ3n) is 3.05. The van der Waals surface area contributed by atoms with Gasteiger partial charge in [0.05, 0.1) is 0 Å². The van der Waals surface area contributed by atoms with E-state index in [4.69, 9.17) is 11.5 Å². The number of rotatable bonds is 3. The van der Waals surface area contributed by atoms with E-state index >= 15 is 0 Å². The van der Waals surface area contributed by atoms with E-state index in [0.29, 0.717) is 6.54 Å². The van der Waals surface area contributed by atoms with Gasteiger partial charge in [-0.05, 0) is 11.6 Å². The van der Waals surface area contributed by atoms with Crippen molar-refractivity contribution in [2.24, 2.45) is 11.5 Å². The van der Waals surface area contributed by atoms with Crippen LogP contribution in [0.3, 0.4) is 0 Å². The maximum Gasteiger partial charge on any atom is 0.0440 e. The van der Waals surface area contributed by atoms with E-state index in [1.807, 2.05) is 6.07 Å². The maximum atomic E-state index is 6.03. The summed E-state index contributed by atoms with van der Waals surface area (Å²) >= 11 is 0. The number of para-hydroxylation sites is 1. The van der Waals surface area contributed by atoms with Crippen LogP contribution in [0.25, 0.3) is 0 Å². The third kappa shape index (κ3) is 2.35. The Morgan fingerprint density at radius 1 is 1.25 bits per heavy atom. The number of hydrogen-bond acceptors (Lipinski definition) is 4. The minimum Gasteiger partial charge on any atom is -0.369 e. The van der Waals surface area contributed by atoms with Gasteiger partial charge >= 0.3 is 0 Å². The number of nitrogens with one attached hydrogen (secondary N) is 1. The van der Waals surface area contributed by atoms with Crippen molar-refractivity contribution in [1.82, 2.24) is 5.32 Å². The van der Waals surface area contributed by atoms with Crippen LogP contribution in [0.1, 0.15) is 11.6 Å². The summed E-state index contributed by atoms with van der Waals surface area (Å²) in [5, 5.41) is 3.35. The zero-order valence-electron chi connectivity index (χ0n) is 9.52. The van der Waals surface area contributed by atoms with Crippen molar-refractivity contribution in [3.8, 4) is 0 Å². The summed E-state index contributed by atoms with van der Waals surface area (Å²) in [6.07, 6.45) is 0. The van der Waals surface area contributed by atoms with Crippen LogP contribution in [0.4, 0.5) is 5.69 Å². The fourth-order valence-corrected chi connectivity index (χ4v) is 2.12. The van der Waals surface area contributed by atoms with E-state index in [9.17, 15) is 0 Å². The molecule has 2 rings (SSSR count). The van der Waals surface area contributed by atoms with Gasteiger partial charge in [-0.3, -0.25) is 0 Å². The van der Waals surface area contributed by atoms with Gasteiger partial charge in [0.2, 0.25) is 0 Å². The topological polar surface area (TPSA) is 67.3 Å². The van der Waals surface area contributed by atoms with Crippen molar-refractivity contribution >= 4 is 5.69 Å². The van der Waals surface area contributed by atoms with Gasteiger partial charge in [0.1, 0.15) is 0 Å². The molecule has 1 aromatic carbocycles. The number of piperazine rings is 1. The second-order valence-corrected chi connectivity index (χ2v) is 4.14. The van der Waals surface area contributed by atoms with Gasteiger partial charge < -0.3 is 21.7 Å². The Bertz CT molecular complexity index is 334. The predicted octanol–water partition coefficient (Wildman–Crippen LogP) is 0.0547. The fourth-order valence-electron chi connectivity index (χ4n) is 2.12. The molecule has 1 fully saturated rings. The van der Waals surface area contributed by atoms with Gasteiger partial charge in [0.15, 0.2) is 0 Å². The Morgan fingerprint density at radius 3 is 2.62 bits per heavy atom. The summed E-state index contributed by atoms with van der Waals surface area (Å²) in [6, 6.07) is 8.23. The molecule has 5 N–H and O–H groups in total. The van der Waals surface area contributed by atoms with Crippen LogP contribution in [0.15, 0.2) is 24.3 Å². The highest BCUT2D eigenvalue weighted by Gasteiger charge is 2.16. The van der Waals surface area contributed by atoms with Crippen LogP contribution in [0.5, 0.6) is 0 Å². The average Bonchev–Trinajstić information content (AvgIpc) is 2.39. The van der Waals surface area contributed by atoms with Gasteiger partial charge in [-0.15, -0.1) is 0 Å². The highest BCUT2D eigenvalue weighted by atomic mass is 15.2. The minimum absolute atomic E-state index is 0.0638. The lowest BCUT2D eigenvalue weighted by molar-refractivity contribution is 0.585. The zero-order chi connectivity index (χ0) is 11.4. The smallest absolute Gasteiger partial charge is 0.0440 e. The van der Waals surface area contributed by atoms with Gasteiger partial charge in [-0.1, -0.05) is 18.2 Å². The molecule has 0 bridgehead atoms. The van der Waals surface area contributed by atoms with E-state index in [1.54, 1.807) is 0 Å². The molecule has 0 spiro atoms. The normalized spacial score (nSPS) is 18.5. The summed E-state index contributed by atoms with van der Waals surface area (Å²) in [5.41, 5.74) is 14.1. The molecule has 0 unspecified atom stereocenters. The molecule has 4 nitrogen and oxygen atoms in total. The number of hydrogen-bond donors (Lipinski definition) is 3. The lowest BCUT2D eigenvalue weighted by Crippen LogP contribution is -2.44. The maximum absolute atomic E-state index is 6.03. The molecule has 88 valence electrons. The van der Waals surface area contributed by atoms with Crippen molar-refractivity contribution in [3.63, 3.8) is 0 Å². The third-order valence-corrected chi connectivity index (χ3v) is 3.05. The Balaban J connectivity index is 2.24. The van der Waals surface area contributed by atoms with Gasteiger partial charge in [-0.25, -0.2) is 0 Å². The Morgan fingerprint density at radius 2 is 1.94 bits per heavy atom. The summed E-state index contributed by atoms with van der Waals surface area (Å²) in [4.78, 5) is 2.38. The molecule has 1 aliphatic rings. The van der Waals surface area contributed by atoms with Gasteiger partial charge in [0, 0.05) is 44.5 Å². The van der Waals surface area contributed by atoms with E-state index in [0.717, 1.165) is 31.7 Å². The first kappa shape index (κ1) is 11.4. The van der Waals surface area contributed by atoms with Crippen molar-refractivity contribution in [1.29, 1.82) is 0 Å². The first-order chi connectivity index (χ1) is 7.83. The van der Waals surface area contributed by atoms with Crippen molar-refractivity contribution in [3.05, 3.63) is 29.8 Å². The molecule has 0 radical (unpaired) electrons. The van der Waals surface area contributed by atoms with Crippen LogP contribution in [0.2, 0.25) is 0 Å². The van der Waals surface area contributed by atoms with E-state index in [2.05, 4.69) is 28.4 Å². The van der Waals surface area contributed by atoms with Gasteiger partial charge in [0.25, 0.3) is 0 Å². The average molecular weight is 220 g/mol. The Kier molecular flexibility index (Phi) is 3.77. The van der Waals surface area contributed by atoms with Gasteiger partial charge in [-0.2, -0.15) is 0 Å². The van der Waals surface area contributed by atoms with Crippen molar-refractivity contribution in [2.75, 3.05) is 37.6 Å². The number of nitrogens with two attached hydrogens (primary N) is 2. The molecular weight excluding hydrogens is 200 g/mol. The summed E-state index contributed by atoms with van der Waals surface area (Å²) in [7, 11) is 0. The first-order valence-electron chi connectivity index (χ1n) is 5.83. The lowest BCUT2D eigenvalue weighted by atomic mass is 10.0. The lowest BCUT2D eigenvalue weighted by Gasteiger charge is -2.32. The molecule has 1 saturated heterocycles. The number of anilines is 1. The Hall–Kier alpha value is -1.10. The molecule has 4 heteroatoms. The van der Waals surface area contributed by atoms with Crippen LogP contribution >= 0.6 is 0 Å². The zero-order valence-corrected chi connectivity index (χ0v) is 9.52. The number of benzene rings is 1. The van der Waals surface area contributed by atoms with Crippen LogP contribution in [-0.4, -0.2) is 32.7 Å². The van der Waals surface area contributed by atoms with Crippen LogP contribution in [0, 0.1) is 0 Å². The highest BCUT2D eigenvalue weighted by Crippen LogP contribution is 2.24. The predicted molar refractivity (Wildman–Crippen MR) is 67.5 cm³/mol. The van der Waals surface area contributed by atoms with E-state index in [1.165, 1.54) is 5.69 Å². The molecule has 1 atom stereocenters. The van der Waals surface area contributed by atoms with E-state index < -0.39 is 0 Å².